The molecule has 2 aliphatic heterocycles. The van der Waals surface area contributed by atoms with Gasteiger partial charge in [-0.2, -0.15) is 5.10 Å². The molecule has 2 saturated heterocycles. The highest BCUT2D eigenvalue weighted by Gasteiger charge is 2.44. The smallest absolute Gasteiger partial charge is 0.205 e. The minimum Gasteiger partial charge on any atom is -0.491 e. The first-order valence-corrected chi connectivity index (χ1v) is 14.6. The van der Waals surface area contributed by atoms with Crippen LogP contribution in [0.2, 0.25) is 5.02 Å². The van der Waals surface area contributed by atoms with Crippen LogP contribution < -0.4 is 31.6 Å². The van der Waals surface area contributed by atoms with Gasteiger partial charge in [-0.25, -0.2) is 5.84 Å². The summed E-state index contributed by atoms with van der Waals surface area (Å²) < 4.78 is 18.7. The minimum atomic E-state index is -1.01. The van der Waals surface area contributed by atoms with Crippen molar-refractivity contribution in [1.29, 1.82) is 0 Å². The van der Waals surface area contributed by atoms with Crippen LogP contribution in [0.4, 0.5) is 11.4 Å². The Morgan fingerprint density at radius 3 is 2.17 bits per heavy atom. The minimum absolute atomic E-state index is 0.269. The van der Waals surface area contributed by atoms with Gasteiger partial charge in [0.2, 0.25) is 5.79 Å². The number of nitrogens with two attached hydrogens (primary N) is 2. The number of aryl methyl sites for hydroxylation is 1. The first kappa shape index (κ1) is 28.4. The van der Waals surface area contributed by atoms with E-state index in [-0.39, 0.29) is 6.10 Å². The van der Waals surface area contributed by atoms with Crippen LogP contribution >= 0.6 is 23.4 Å². The monoisotopic (exact) mass is 582 g/mol. The molecule has 11 heteroatoms. The largest absolute Gasteiger partial charge is 0.491 e. The van der Waals surface area contributed by atoms with E-state index >= 15 is 0 Å². The van der Waals surface area contributed by atoms with Crippen LogP contribution in [0.5, 0.6) is 5.75 Å². The van der Waals surface area contributed by atoms with Crippen molar-refractivity contribution in [3.8, 4) is 5.75 Å². The van der Waals surface area contributed by atoms with Crippen molar-refractivity contribution in [3.05, 3.63) is 88.9 Å². The molecule has 0 aromatic heterocycles. The van der Waals surface area contributed by atoms with Crippen LogP contribution in [0.3, 0.4) is 0 Å². The molecule has 2 atom stereocenters. The van der Waals surface area contributed by atoms with Gasteiger partial charge in [0.05, 0.1) is 12.4 Å². The van der Waals surface area contributed by atoms with Gasteiger partial charge in [-0.05, 0) is 55.5 Å². The number of piperazine rings is 1. The second-order valence-electron chi connectivity index (χ2n) is 9.79. The van der Waals surface area contributed by atoms with E-state index in [1.54, 1.807) is 0 Å². The Kier molecular flexibility index (Phi) is 9.23. The summed E-state index contributed by atoms with van der Waals surface area (Å²) in [6, 6.07) is 24.4. The van der Waals surface area contributed by atoms with E-state index in [4.69, 9.17) is 37.5 Å². The number of hydrogen-bond acceptors (Lipinski definition) is 9. The molecule has 2 heterocycles. The lowest BCUT2D eigenvalue weighted by molar-refractivity contribution is -0.160. The molecule has 40 heavy (non-hydrogen) atoms. The number of halogens is 1. The fourth-order valence-corrected chi connectivity index (χ4v) is 5.79. The van der Waals surface area contributed by atoms with Gasteiger partial charge >= 0.3 is 0 Å². The predicted molar refractivity (Wildman–Crippen MR) is 163 cm³/mol. The number of ether oxygens (including phenoxy) is 3. The molecule has 5 rings (SSSR count). The molecule has 0 amide bonds. The maximum absolute atomic E-state index is 6.42. The first-order chi connectivity index (χ1) is 19.5. The Labute approximate surface area is 244 Å². The maximum atomic E-state index is 6.42. The van der Waals surface area contributed by atoms with Crippen LogP contribution in [0.1, 0.15) is 11.1 Å². The van der Waals surface area contributed by atoms with Gasteiger partial charge in [0.25, 0.3) is 0 Å². The van der Waals surface area contributed by atoms with Crippen LogP contribution in [0.25, 0.3) is 0 Å². The second-order valence-corrected chi connectivity index (χ2v) is 11.2. The molecule has 0 aliphatic carbocycles. The Bertz CT molecular complexity index is 1270. The fourth-order valence-electron chi connectivity index (χ4n) is 4.86. The van der Waals surface area contributed by atoms with Crippen LogP contribution in [-0.2, 0) is 15.3 Å². The third-order valence-corrected chi connectivity index (χ3v) is 8.37. The van der Waals surface area contributed by atoms with Crippen molar-refractivity contribution in [2.24, 2.45) is 16.8 Å². The number of benzene rings is 3. The normalized spacial score (nSPS) is 21.5. The zero-order valence-electron chi connectivity index (χ0n) is 22.5. The number of hydrazone groups is 1. The summed E-state index contributed by atoms with van der Waals surface area (Å²) in [5, 5.41) is 4.65. The summed E-state index contributed by atoms with van der Waals surface area (Å²) in [6.07, 6.45) is -0.269. The lowest BCUT2D eigenvalue weighted by Crippen LogP contribution is -2.46. The van der Waals surface area contributed by atoms with Crippen molar-refractivity contribution in [2.75, 3.05) is 54.9 Å². The van der Waals surface area contributed by atoms with E-state index in [1.165, 1.54) is 28.7 Å². The molecular formula is C29H35ClN6O3S. The first-order valence-electron chi connectivity index (χ1n) is 13.2. The lowest BCUT2D eigenvalue weighted by Gasteiger charge is -2.37. The Hall–Kier alpha value is -3.15. The van der Waals surface area contributed by atoms with E-state index in [9.17, 15) is 0 Å². The molecule has 9 nitrogen and oxygen atoms in total. The number of hydrazine groups is 1. The summed E-state index contributed by atoms with van der Waals surface area (Å²) in [5.74, 6) is 11.1. The van der Waals surface area contributed by atoms with Gasteiger partial charge in [-0.3, -0.25) is 0 Å². The Balaban J connectivity index is 1.15. The van der Waals surface area contributed by atoms with E-state index in [0.717, 1.165) is 37.5 Å². The standard InChI is InChI=1S/C29H35ClN6O3S/c1-21-2-8-24(9-3-21)35-14-16-36(17-15-35)25-10-12-26(13-11-25)37-18-27-19-38-29(39-27,20-40-28(33-31)34-32)22-4-6-23(30)7-5-22/h2-13,27H,14-20,31-32H2,1H3,(H,33,34)/t27?,29-/m0/s1. The van der Waals surface area contributed by atoms with Crippen LogP contribution in [0.15, 0.2) is 77.9 Å². The molecule has 2 aliphatic rings. The van der Waals surface area contributed by atoms with E-state index < -0.39 is 5.79 Å². The number of amidine groups is 1. The molecule has 212 valence electrons. The van der Waals surface area contributed by atoms with E-state index in [0.29, 0.717) is 29.2 Å². The summed E-state index contributed by atoms with van der Waals surface area (Å²) in [4.78, 5) is 4.85. The topological polar surface area (TPSA) is 111 Å². The van der Waals surface area contributed by atoms with Crippen molar-refractivity contribution in [1.82, 2.24) is 5.43 Å². The highest BCUT2D eigenvalue weighted by atomic mass is 35.5. The molecule has 3 aromatic carbocycles. The third-order valence-electron chi connectivity index (χ3n) is 7.10. The fraction of sp³-hybridized carbons (Fsp3) is 0.345. The lowest BCUT2D eigenvalue weighted by atomic mass is 10.1. The van der Waals surface area contributed by atoms with Crippen LogP contribution in [0, 0.1) is 6.92 Å². The molecule has 2 fully saturated rings. The third kappa shape index (κ3) is 6.76. The summed E-state index contributed by atoms with van der Waals surface area (Å²) >= 11 is 7.41. The van der Waals surface area contributed by atoms with Crippen molar-refractivity contribution in [3.63, 3.8) is 0 Å². The summed E-state index contributed by atoms with van der Waals surface area (Å²) in [6.45, 7) is 6.78. The van der Waals surface area contributed by atoms with Crippen molar-refractivity contribution in [2.45, 2.75) is 18.8 Å². The maximum Gasteiger partial charge on any atom is 0.205 e. The summed E-state index contributed by atoms with van der Waals surface area (Å²) in [5.41, 5.74) is 7.08. The zero-order valence-corrected chi connectivity index (χ0v) is 24.0. The number of anilines is 2. The van der Waals surface area contributed by atoms with E-state index in [1.807, 2.05) is 36.4 Å². The van der Waals surface area contributed by atoms with Gasteiger partial charge in [0.1, 0.15) is 18.5 Å². The molecular weight excluding hydrogens is 548 g/mol. The Morgan fingerprint density at radius 1 is 1.00 bits per heavy atom. The quantitative estimate of drug-likeness (QED) is 0.157. The average molecular weight is 583 g/mol. The molecule has 0 radical (unpaired) electrons. The van der Waals surface area contributed by atoms with Crippen molar-refractivity contribution >= 4 is 39.9 Å². The number of thioether (sulfide) groups is 1. The molecule has 3 aromatic rings. The van der Waals surface area contributed by atoms with Gasteiger partial charge in [0.15, 0.2) is 5.17 Å². The van der Waals surface area contributed by atoms with Crippen LogP contribution in [-0.4, -0.2) is 56.4 Å². The predicted octanol–water partition coefficient (Wildman–Crippen LogP) is 4.05. The van der Waals surface area contributed by atoms with E-state index in [2.05, 4.69) is 63.6 Å². The highest BCUT2D eigenvalue weighted by molar-refractivity contribution is 8.13. The van der Waals surface area contributed by atoms with Gasteiger partial charge < -0.3 is 35.3 Å². The summed E-state index contributed by atoms with van der Waals surface area (Å²) in [7, 11) is 0. The molecule has 1 unspecified atom stereocenters. The van der Waals surface area contributed by atoms with Gasteiger partial charge in [0, 0.05) is 48.1 Å². The highest BCUT2D eigenvalue weighted by Crippen LogP contribution is 2.38. The molecule has 5 N–H and O–H groups in total. The SMILES string of the molecule is Cc1ccc(N2CCN(c3ccc(OCC4CO[C@](CS/C(=N/N)NN)(c5ccc(Cl)cc5)O4)cc3)CC2)cc1. The second kappa shape index (κ2) is 13.0. The number of rotatable bonds is 8. The van der Waals surface area contributed by atoms with Gasteiger partial charge in [-0.1, -0.05) is 53.2 Å². The number of nitrogens with zero attached hydrogens (tertiary/aromatic N) is 3. The molecule has 0 bridgehead atoms. The number of nitrogens with one attached hydrogen (secondary N) is 1. The van der Waals surface area contributed by atoms with Crippen molar-refractivity contribution < 1.29 is 14.2 Å². The average Bonchev–Trinajstić information content (AvgIpc) is 3.42. The molecule has 0 saturated carbocycles. The Morgan fingerprint density at radius 2 is 1.60 bits per heavy atom. The van der Waals surface area contributed by atoms with Gasteiger partial charge in [-0.15, -0.1) is 0 Å². The molecule has 0 spiro atoms. The zero-order chi connectivity index (χ0) is 28.0. The number of hydrogen-bond donors (Lipinski definition) is 3.